The fourth-order valence-electron chi connectivity index (χ4n) is 1.70. The number of aryl methyl sites for hydroxylation is 1. The topological polar surface area (TPSA) is 3.88 Å². The molecule has 1 nitrogen and oxygen atoms in total. The number of halogens is 6. The normalized spacial score (nSPS) is 7.33. The highest BCUT2D eigenvalue weighted by atomic mass is 19.0. The van der Waals surface area contributed by atoms with Gasteiger partial charge < -0.3 is 0 Å². The van der Waals surface area contributed by atoms with Gasteiger partial charge in [-0.25, -0.2) is 0 Å². The van der Waals surface area contributed by atoms with Crippen LogP contribution in [0.15, 0.2) is 48.7 Å². The highest BCUT2D eigenvalue weighted by Gasteiger charge is 2.08. The van der Waals surface area contributed by atoms with Crippen molar-refractivity contribution < 1.29 is 32.8 Å². The summed E-state index contributed by atoms with van der Waals surface area (Å²) < 4.78 is 2.28. The third kappa shape index (κ3) is 7.96. The fraction of sp³-hybridized carbons (Fsp3) is 0.214. The first-order valence-electron chi connectivity index (χ1n) is 5.27. The molecule has 0 saturated carbocycles. The second-order valence-electron chi connectivity index (χ2n) is 3.89. The van der Waals surface area contributed by atoms with Crippen LogP contribution < -0.4 is 4.57 Å². The number of aromatic nitrogens is 1. The maximum Gasteiger partial charge on any atom is 0.181 e. The van der Waals surface area contributed by atoms with Crippen LogP contribution in [-0.4, -0.2) is 0 Å². The first-order chi connectivity index (χ1) is 7.27. The standard InChI is InChI=1S/C14H16N.6FH/c1-12-7-6-10-15(13(12)2)11-14-8-4-3-5-9-14;;;;;;/h3-10H,11H2,1-2H3;6*1H/q+1;;;;;;. The Hall–Kier alpha value is -2.05. The van der Waals surface area contributed by atoms with Gasteiger partial charge in [-0.3, -0.25) is 28.2 Å². The number of nitrogens with zero attached hydrogens (tertiary/aromatic N) is 1. The van der Waals surface area contributed by atoms with Gasteiger partial charge in [0.25, 0.3) is 0 Å². The van der Waals surface area contributed by atoms with Crippen molar-refractivity contribution in [3.05, 3.63) is 65.5 Å². The van der Waals surface area contributed by atoms with E-state index < -0.39 is 0 Å². The van der Waals surface area contributed by atoms with Gasteiger partial charge in [0.05, 0.1) is 0 Å². The third-order valence-electron chi connectivity index (χ3n) is 2.81. The molecule has 0 N–H and O–H groups in total. The van der Waals surface area contributed by atoms with E-state index in [1.165, 1.54) is 16.8 Å². The largest absolute Gasteiger partial charge is 0.269 e. The van der Waals surface area contributed by atoms with Gasteiger partial charge in [-0.1, -0.05) is 30.3 Å². The molecule has 0 aliphatic carbocycles. The maximum absolute atomic E-state index is 2.28. The molecule has 0 amide bonds. The van der Waals surface area contributed by atoms with E-state index in [0.29, 0.717) is 0 Å². The summed E-state index contributed by atoms with van der Waals surface area (Å²) >= 11 is 0. The molecule has 21 heavy (non-hydrogen) atoms. The first kappa shape index (κ1) is 31.4. The minimum atomic E-state index is 0. The zero-order chi connectivity index (χ0) is 10.7. The molecule has 0 aliphatic heterocycles. The number of hydrogen-bond donors (Lipinski definition) is 0. The quantitative estimate of drug-likeness (QED) is 0.589. The molecule has 7 heteroatoms. The van der Waals surface area contributed by atoms with Crippen LogP contribution in [0.25, 0.3) is 0 Å². The van der Waals surface area contributed by atoms with Crippen molar-refractivity contribution in [2.75, 3.05) is 0 Å². The van der Waals surface area contributed by atoms with Crippen LogP contribution >= 0.6 is 0 Å². The molecule has 1 aromatic carbocycles. The lowest BCUT2D eigenvalue weighted by atomic mass is 10.2. The Bertz CT molecular complexity index is 464. The van der Waals surface area contributed by atoms with Crippen molar-refractivity contribution >= 4 is 0 Å². The van der Waals surface area contributed by atoms with E-state index in [1.54, 1.807) is 0 Å². The van der Waals surface area contributed by atoms with Gasteiger partial charge >= 0.3 is 0 Å². The predicted octanol–water partition coefficient (Wildman–Crippen LogP) is 3.55. The summed E-state index contributed by atoms with van der Waals surface area (Å²) in [6, 6.07) is 14.8. The Morgan fingerprint density at radius 2 is 1.24 bits per heavy atom. The molecule has 2 rings (SSSR count). The van der Waals surface area contributed by atoms with E-state index in [2.05, 4.69) is 67.1 Å². The molecule has 124 valence electrons. The third-order valence-corrected chi connectivity index (χ3v) is 2.81. The van der Waals surface area contributed by atoms with Crippen molar-refractivity contribution in [2.45, 2.75) is 20.4 Å². The van der Waals surface area contributed by atoms with E-state index >= 15 is 0 Å². The summed E-state index contributed by atoms with van der Waals surface area (Å²) in [7, 11) is 0. The Morgan fingerprint density at radius 3 is 1.76 bits per heavy atom. The molecule has 0 bridgehead atoms. The Balaban J connectivity index is -0.000000142. The van der Waals surface area contributed by atoms with E-state index in [4.69, 9.17) is 0 Å². The average Bonchev–Trinajstić information content (AvgIpc) is 2.26. The average molecular weight is 318 g/mol. The highest BCUT2D eigenvalue weighted by molar-refractivity contribution is 5.15. The predicted molar refractivity (Wildman–Crippen MR) is 76.7 cm³/mol. The van der Waals surface area contributed by atoms with Crippen molar-refractivity contribution in [2.24, 2.45) is 0 Å². The van der Waals surface area contributed by atoms with Crippen molar-refractivity contribution in [1.82, 2.24) is 0 Å². The summed E-state index contributed by atoms with van der Waals surface area (Å²) in [5.74, 6) is 0. The summed E-state index contributed by atoms with van der Waals surface area (Å²) in [6.07, 6.45) is 2.13. The first-order valence-corrected chi connectivity index (χ1v) is 5.27. The lowest BCUT2D eigenvalue weighted by Gasteiger charge is -2.02. The highest BCUT2D eigenvalue weighted by Crippen LogP contribution is 2.02. The van der Waals surface area contributed by atoms with Crippen molar-refractivity contribution in [3.8, 4) is 0 Å². The molecule has 0 spiro atoms. The SMILES string of the molecule is Cc1ccc[n+](Cc2ccccc2)c1C.F.F.F.F.F.F. The van der Waals surface area contributed by atoms with Gasteiger partial charge in [-0.05, 0) is 13.0 Å². The Kier molecular flexibility index (Phi) is 21.5. The van der Waals surface area contributed by atoms with Crippen LogP contribution in [0.4, 0.5) is 28.2 Å². The van der Waals surface area contributed by atoms with Crippen LogP contribution in [-0.2, 0) is 6.54 Å². The molecule has 1 heterocycles. The summed E-state index contributed by atoms with van der Waals surface area (Å²) in [4.78, 5) is 0. The minimum Gasteiger partial charge on any atom is -0.269 e. The molecule has 0 atom stereocenters. The van der Waals surface area contributed by atoms with Crippen LogP contribution in [0.1, 0.15) is 16.8 Å². The summed E-state index contributed by atoms with van der Waals surface area (Å²) in [5, 5.41) is 0. The molecule has 2 aromatic rings. The lowest BCUT2D eigenvalue weighted by Crippen LogP contribution is -2.37. The number of pyridine rings is 1. The van der Waals surface area contributed by atoms with Gasteiger partial charge in [0.15, 0.2) is 18.4 Å². The number of hydrogen-bond acceptors (Lipinski definition) is 0. The molecule has 0 fully saturated rings. The van der Waals surface area contributed by atoms with Gasteiger partial charge in [-0.15, -0.1) is 0 Å². The van der Waals surface area contributed by atoms with Crippen LogP contribution in [0.3, 0.4) is 0 Å². The zero-order valence-electron chi connectivity index (χ0n) is 11.7. The monoisotopic (exact) mass is 318 g/mol. The Morgan fingerprint density at radius 1 is 0.714 bits per heavy atom. The molecule has 0 radical (unpaired) electrons. The van der Waals surface area contributed by atoms with Crippen molar-refractivity contribution in [3.63, 3.8) is 0 Å². The molecular formula is C14H22F6N+. The Labute approximate surface area is 119 Å². The lowest BCUT2D eigenvalue weighted by molar-refractivity contribution is -0.694. The maximum atomic E-state index is 2.28. The van der Waals surface area contributed by atoms with Crippen LogP contribution in [0.5, 0.6) is 0 Å². The van der Waals surface area contributed by atoms with Crippen LogP contribution in [0.2, 0.25) is 0 Å². The van der Waals surface area contributed by atoms with Crippen LogP contribution in [0, 0.1) is 13.8 Å². The zero-order valence-corrected chi connectivity index (χ0v) is 11.7. The second kappa shape index (κ2) is 14.4. The van der Waals surface area contributed by atoms with E-state index in [0.717, 1.165) is 6.54 Å². The van der Waals surface area contributed by atoms with Gasteiger partial charge in [-0.2, -0.15) is 4.57 Å². The smallest absolute Gasteiger partial charge is 0.181 e. The van der Waals surface area contributed by atoms with Gasteiger partial charge in [0.2, 0.25) is 0 Å². The number of benzene rings is 1. The van der Waals surface area contributed by atoms with Crippen molar-refractivity contribution in [1.29, 1.82) is 0 Å². The van der Waals surface area contributed by atoms with E-state index in [9.17, 15) is 0 Å². The minimum absolute atomic E-state index is 0. The summed E-state index contributed by atoms with van der Waals surface area (Å²) in [5.41, 5.74) is 4.02. The van der Waals surface area contributed by atoms with Gasteiger partial charge in [0.1, 0.15) is 0 Å². The fourth-order valence-corrected chi connectivity index (χ4v) is 1.70. The second-order valence-corrected chi connectivity index (χ2v) is 3.89. The summed E-state index contributed by atoms with van der Waals surface area (Å²) in [6.45, 7) is 5.27. The van der Waals surface area contributed by atoms with E-state index in [-0.39, 0.29) is 28.2 Å². The molecule has 0 unspecified atom stereocenters. The van der Waals surface area contributed by atoms with E-state index in [1.807, 2.05) is 0 Å². The number of rotatable bonds is 2. The molecular weight excluding hydrogens is 296 g/mol. The molecule has 1 aromatic heterocycles. The molecule has 0 saturated heterocycles. The van der Waals surface area contributed by atoms with Gasteiger partial charge in [0, 0.05) is 24.1 Å². The molecule has 0 aliphatic rings.